The molecular formula is C19H24O3Se. The van der Waals surface area contributed by atoms with E-state index in [0.29, 0.717) is 0 Å². The molecule has 0 unspecified atom stereocenters. The predicted molar refractivity (Wildman–Crippen MR) is 94.6 cm³/mol. The Kier molecular flexibility index (Phi) is 7.13. The monoisotopic (exact) mass is 380 g/mol. The average molecular weight is 379 g/mol. The predicted octanol–water partition coefficient (Wildman–Crippen LogP) is 3.27. The van der Waals surface area contributed by atoms with Gasteiger partial charge < -0.3 is 0 Å². The van der Waals surface area contributed by atoms with Crippen molar-refractivity contribution < 1.29 is 14.6 Å². The van der Waals surface area contributed by atoms with Crippen molar-refractivity contribution in [3.05, 3.63) is 59.7 Å². The van der Waals surface area contributed by atoms with E-state index in [1.165, 1.54) is 4.46 Å². The first-order valence-electron chi connectivity index (χ1n) is 7.76. The van der Waals surface area contributed by atoms with E-state index in [4.69, 9.17) is 9.47 Å². The minimum absolute atomic E-state index is 0.00187. The van der Waals surface area contributed by atoms with Gasteiger partial charge in [0.05, 0.1) is 0 Å². The van der Waals surface area contributed by atoms with Crippen LogP contribution in [0.3, 0.4) is 0 Å². The normalized spacial score (nSPS) is 13.6. The van der Waals surface area contributed by atoms with Crippen LogP contribution in [0.15, 0.2) is 48.5 Å². The van der Waals surface area contributed by atoms with Crippen LogP contribution in [0.1, 0.15) is 36.7 Å². The molecule has 0 fully saturated rings. The molecule has 0 spiro atoms. The van der Waals surface area contributed by atoms with Gasteiger partial charge in [0.25, 0.3) is 0 Å². The number of hydrogen-bond donors (Lipinski definition) is 1. The molecule has 2 aromatic carbocycles. The fraction of sp³-hybridized carbons (Fsp3) is 0.368. The second-order valence-electron chi connectivity index (χ2n) is 5.24. The van der Waals surface area contributed by atoms with Crippen molar-refractivity contribution >= 4 is 19.4 Å². The Bertz CT molecular complexity index is 615. The molecule has 0 aromatic heterocycles. The van der Waals surface area contributed by atoms with Crippen LogP contribution in [0.4, 0.5) is 0 Å². The minimum atomic E-state index is -0.389. The Morgan fingerprint density at radius 3 is 2.30 bits per heavy atom. The van der Waals surface area contributed by atoms with E-state index in [0.717, 1.165) is 28.6 Å². The van der Waals surface area contributed by atoms with Gasteiger partial charge >= 0.3 is 144 Å². The van der Waals surface area contributed by atoms with Crippen LogP contribution < -0.4 is 9.20 Å². The summed E-state index contributed by atoms with van der Waals surface area (Å²) in [6, 6.07) is 16.1. The summed E-state index contributed by atoms with van der Waals surface area (Å²) in [5, 5.41) is 11.1. The van der Waals surface area contributed by atoms with Gasteiger partial charge in [-0.15, -0.1) is 0 Å². The third-order valence-corrected chi connectivity index (χ3v) is 6.24. The van der Waals surface area contributed by atoms with Gasteiger partial charge in [-0.3, -0.25) is 0 Å². The molecule has 2 atom stereocenters. The van der Waals surface area contributed by atoms with Gasteiger partial charge in [0, 0.05) is 0 Å². The molecule has 0 radical (unpaired) electrons. The summed E-state index contributed by atoms with van der Waals surface area (Å²) >= 11 is 0.217. The van der Waals surface area contributed by atoms with Crippen LogP contribution in [0, 0.1) is 0 Å². The summed E-state index contributed by atoms with van der Waals surface area (Å²) in [6.45, 7) is 2.00. The van der Waals surface area contributed by atoms with E-state index >= 15 is 0 Å². The van der Waals surface area contributed by atoms with Crippen molar-refractivity contribution in [3.63, 3.8) is 0 Å². The number of methoxy groups -OCH3 is 2. The molecule has 124 valence electrons. The molecule has 0 saturated heterocycles. The third kappa shape index (κ3) is 4.58. The quantitative estimate of drug-likeness (QED) is 0.716. The average Bonchev–Trinajstić information content (AvgIpc) is 2.62. The molecule has 0 amide bonds. The summed E-state index contributed by atoms with van der Waals surface area (Å²) in [7, 11) is 3.42. The summed E-state index contributed by atoms with van der Waals surface area (Å²) < 4.78 is 12.4. The zero-order chi connectivity index (χ0) is 16.7. The number of aliphatic hydroxyl groups is 1. The molecule has 4 heteroatoms. The number of aliphatic hydroxyl groups excluding tert-OH is 1. The Balaban J connectivity index is 2.15. The van der Waals surface area contributed by atoms with Gasteiger partial charge in [-0.1, -0.05) is 0 Å². The molecule has 3 nitrogen and oxygen atoms in total. The van der Waals surface area contributed by atoms with Gasteiger partial charge in [0.2, 0.25) is 0 Å². The molecule has 23 heavy (non-hydrogen) atoms. The number of para-hydroxylation sites is 1. The van der Waals surface area contributed by atoms with Crippen molar-refractivity contribution in [1.82, 2.24) is 0 Å². The maximum atomic E-state index is 10.2. The van der Waals surface area contributed by atoms with Crippen LogP contribution in [-0.2, 0) is 4.74 Å². The van der Waals surface area contributed by atoms with E-state index < -0.39 is 0 Å². The Labute approximate surface area is 144 Å². The van der Waals surface area contributed by atoms with Gasteiger partial charge in [-0.05, 0) is 0 Å². The zero-order valence-corrected chi connectivity index (χ0v) is 15.6. The molecular weight excluding hydrogens is 355 g/mol. The van der Waals surface area contributed by atoms with Crippen LogP contribution in [0.2, 0.25) is 5.32 Å². The van der Waals surface area contributed by atoms with Gasteiger partial charge in [-0.25, -0.2) is 0 Å². The zero-order valence-electron chi connectivity index (χ0n) is 13.9. The van der Waals surface area contributed by atoms with E-state index in [2.05, 4.69) is 12.1 Å². The number of rotatable bonds is 8. The van der Waals surface area contributed by atoms with Gasteiger partial charge in [-0.2, -0.15) is 0 Å². The van der Waals surface area contributed by atoms with Crippen molar-refractivity contribution in [3.8, 4) is 5.75 Å². The van der Waals surface area contributed by atoms with Crippen LogP contribution >= 0.6 is 0 Å². The molecule has 2 rings (SSSR count). The van der Waals surface area contributed by atoms with Crippen LogP contribution in [0.25, 0.3) is 0 Å². The molecule has 0 saturated carbocycles. The van der Waals surface area contributed by atoms with Crippen LogP contribution in [-0.4, -0.2) is 34.3 Å². The second kappa shape index (κ2) is 9.09. The van der Waals surface area contributed by atoms with Gasteiger partial charge in [0.1, 0.15) is 0 Å². The summed E-state index contributed by atoms with van der Waals surface area (Å²) in [5.41, 5.74) is 2.12. The number of hydrogen-bond acceptors (Lipinski definition) is 3. The molecule has 0 heterocycles. The van der Waals surface area contributed by atoms with E-state index in [9.17, 15) is 5.11 Å². The maximum absolute atomic E-state index is 10.2. The fourth-order valence-electron chi connectivity index (χ4n) is 2.49. The van der Waals surface area contributed by atoms with Crippen molar-refractivity contribution in [2.45, 2.75) is 30.9 Å². The summed E-state index contributed by atoms with van der Waals surface area (Å²) in [4.78, 5) is 0. The first-order chi connectivity index (χ1) is 11.2. The van der Waals surface area contributed by atoms with Crippen LogP contribution in [0.5, 0.6) is 5.75 Å². The molecule has 0 aliphatic rings. The van der Waals surface area contributed by atoms with Crippen molar-refractivity contribution in [1.29, 1.82) is 0 Å². The van der Waals surface area contributed by atoms with Gasteiger partial charge in [0.15, 0.2) is 0 Å². The Morgan fingerprint density at radius 1 is 1.00 bits per heavy atom. The number of ether oxygens (including phenoxy) is 2. The molecule has 1 N–H and O–H groups in total. The first kappa shape index (κ1) is 18.0. The SMILES string of the molecule is CC[C@H](O)c1ccccc1[Se]C[C@@H](OC)c1ccccc1OC. The molecule has 2 aromatic rings. The second-order valence-corrected chi connectivity index (χ2v) is 7.47. The summed E-state index contributed by atoms with van der Waals surface area (Å²) in [5.74, 6) is 0.858. The van der Waals surface area contributed by atoms with Crippen molar-refractivity contribution in [2.75, 3.05) is 14.2 Å². The van der Waals surface area contributed by atoms with E-state index in [1.807, 2.05) is 43.3 Å². The third-order valence-electron chi connectivity index (χ3n) is 3.83. The van der Waals surface area contributed by atoms with Crippen molar-refractivity contribution in [2.24, 2.45) is 0 Å². The number of benzene rings is 2. The van der Waals surface area contributed by atoms with E-state index in [-0.39, 0.29) is 27.2 Å². The molecule has 0 aliphatic carbocycles. The topological polar surface area (TPSA) is 38.7 Å². The van der Waals surface area contributed by atoms with E-state index in [1.54, 1.807) is 14.2 Å². The fourth-order valence-corrected chi connectivity index (χ4v) is 4.99. The Hall–Kier alpha value is -1.32. The Morgan fingerprint density at radius 2 is 1.65 bits per heavy atom. The summed E-state index contributed by atoms with van der Waals surface area (Å²) in [6.07, 6.45) is 0.339. The molecule has 0 bridgehead atoms. The standard InChI is InChI=1S/C19H24O3Se/c1-4-16(20)14-9-6-8-12-19(14)23-13-18(22-3)15-10-5-7-11-17(15)21-2/h5-12,16,18,20H,4,13H2,1-3H3/t16-,18+/m0/s1. The first-order valence-corrected chi connectivity index (χ1v) is 9.83. The molecule has 0 aliphatic heterocycles.